The molecule has 1 aromatic heterocycles. The summed E-state index contributed by atoms with van der Waals surface area (Å²) in [7, 11) is 0. The second-order valence-electron chi connectivity index (χ2n) is 6.06. The van der Waals surface area contributed by atoms with Gasteiger partial charge in [-0.3, -0.25) is 4.79 Å². The summed E-state index contributed by atoms with van der Waals surface area (Å²) in [6, 6.07) is 13.1. The van der Waals surface area contributed by atoms with Gasteiger partial charge in [0.25, 0.3) is 0 Å². The summed E-state index contributed by atoms with van der Waals surface area (Å²) in [6.07, 6.45) is 0.647. The first kappa shape index (κ1) is 19.2. The lowest BCUT2D eigenvalue weighted by atomic mass is 10.1. The van der Waals surface area contributed by atoms with Gasteiger partial charge < -0.3 is 4.57 Å². The minimum absolute atomic E-state index is 0.140. The Bertz CT molecular complexity index is 944. The van der Waals surface area contributed by atoms with E-state index in [0.29, 0.717) is 18.1 Å². The first-order valence-corrected chi connectivity index (χ1v) is 9.49. The summed E-state index contributed by atoms with van der Waals surface area (Å²) in [5.41, 5.74) is 1.27. The van der Waals surface area contributed by atoms with E-state index in [1.165, 1.54) is 17.8 Å². The standard InChI is InChI=1S/C20H19F2N3OS/c1-3-25-18(11-14-7-5-4-6-8-14)23-24-20(25)27-13(2)19(26)15-9-10-16(21)17(22)12-15/h4-10,12-13H,3,11H2,1-2H3. The Kier molecular flexibility index (Phi) is 6.01. The van der Waals surface area contributed by atoms with E-state index >= 15 is 0 Å². The Morgan fingerprint density at radius 2 is 1.85 bits per heavy atom. The fourth-order valence-electron chi connectivity index (χ4n) is 2.73. The molecule has 0 N–H and O–H groups in total. The molecule has 140 valence electrons. The van der Waals surface area contributed by atoms with Crippen molar-refractivity contribution in [1.82, 2.24) is 14.8 Å². The number of carbonyl (C=O) groups excluding carboxylic acids is 1. The number of ketones is 1. The van der Waals surface area contributed by atoms with Gasteiger partial charge in [-0.15, -0.1) is 10.2 Å². The maximum absolute atomic E-state index is 13.4. The van der Waals surface area contributed by atoms with E-state index in [1.807, 2.05) is 41.8 Å². The molecule has 1 atom stereocenters. The molecule has 3 rings (SSSR count). The van der Waals surface area contributed by atoms with Crippen molar-refractivity contribution >= 4 is 17.5 Å². The number of Topliss-reactive ketones (excluding diaryl/α,β-unsaturated/α-hetero) is 1. The number of nitrogens with zero attached hydrogens (tertiary/aromatic N) is 3. The predicted molar refractivity (Wildman–Crippen MR) is 101 cm³/mol. The van der Waals surface area contributed by atoms with Crippen LogP contribution in [0.15, 0.2) is 53.7 Å². The van der Waals surface area contributed by atoms with Gasteiger partial charge in [-0.25, -0.2) is 8.78 Å². The molecule has 7 heteroatoms. The van der Waals surface area contributed by atoms with Gasteiger partial charge in [-0.05, 0) is 37.6 Å². The molecule has 0 amide bonds. The maximum atomic E-state index is 13.4. The number of halogens is 2. The number of hydrogen-bond donors (Lipinski definition) is 0. The Morgan fingerprint density at radius 3 is 2.52 bits per heavy atom. The lowest BCUT2D eigenvalue weighted by Crippen LogP contribution is -2.15. The van der Waals surface area contributed by atoms with Crippen LogP contribution in [0.3, 0.4) is 0 Å². The highest BCUT2D eigenvalue weighted by molar-refractivity contribution is 8.00. The number of hydrogen-bond acceptors (Lipinski definition) is 4. The van der Waals surface area contributed by atoms with Crippen LogP contribution in [0.25, 0.3) is 0 Å². The Labute approximate surface area is 160 Å². The van der Waals surface area contributed by atoms with Gasteiger partial charge in [0.1, 0.15) is 5.82 Å². The molecule has 0 saturated heterocycles. The molecule has 0 saturated carbocycles. The zero-order valence-electron chi connectivity index (χ0n) is 15.0. The van der Waals surface area contributed by atoms with E-state index in [-0.39, 0.29) is 11.3 Å². The van der Waals surface area contributed by atoms with E-state index in [9.17, 15) is 13.6 Å². The van der Waals surface area contributed by atoms with Crippen LogP contribution in [0, 0.1) is 11.6 Å². The Morgan fingerprint density at radius 1 is 1.11 bits per heavy atom. The molecule has 0 aliphatic heterocycles. The third-order valence-electron chi connectivity index (χ3n) is 4.17. The van der Waals surface area contributed by atoms with Crippen molar-refractivity contribution in [2.24, 2.45) is 0 Å². The maximum Gasteiger partial charge on any atom is 0.191 e. The van der Waals surface area contributed by atoms with Crippen LogP contribution < -0.4 is 0 Å². The molecular formula is C20H19F2N3OS. The molecule has 27 heavy (non-hydrogen) atoms. The number of carbonyl (C=O) groups is 1. The highest BCUT2D eigenvalue weighted by Crippen LogP contribution is 2.26. The Balaban J connectivity index is 1.76. The monoisotopic (exact) mass is 387 g/mol. The van der Waals surface area contributed by atoms with E-state index < -0.39 is 16.9 Å². The quantitative estimate of drug-likeness (QED) is 0.441. The lowest BCUT2D eigenvalue weighted by molar-refractivity contribution is 0.0993. The summed E-state index contributed by atoms with van der Waals surface area (Å²) in [5.74, 6) is -1.46. The van der Waals surface area contributed by atoms with Gasteiger partial charge in [0.05, 0.1) is 5.25 Å². The largest absolute Gasteiger partial charge is 0.306 e. The minimum Gasteiger partial charge on any atom is -0.306 e. The van der Waals surface area contributed by atoms with Gasteiger partial charge >= 0.3 is 0 Å². The van der Waals surface area contributed by atoms with E-state index in [0.717, 1.165) is 23.5 Å². The SMILES string of the molecule is CCn1c(Cc2ccccc2)nnc1SC(C)C(=O)c1ccc(F)c(F)c1. The number of aromatic nitrogens is 3. The average molecular weight is 387 g/mol. The molecule has 0 aliphatic rings. The summed E-state index contributed by atoms with van der Waals surface area (Å²) in [4.78, 5) is 12.5. The Hall–Kier alpha value is -2.54. The van der Waals surface area contributed by atoms with Crippen LogP contribution in [0.5, 0.6) is 0 Å². The first-order valence-electron chi connectivity index (χ1n) is 8.61. The molecule has 1 heterocycles. The van der Waals surface area contributed by atoms with Crippen LogP contribution >= 0.6 is 11.8 Å². The van der Waals surface area contributed by atoms with Crippen LogP contribution in [-0.4, -0.2) is 25.8 Å². The van der Waals surface area contributed by atoms with Gasteiger partial charge in [-0.2, -0.15) is 0 Å². The van der Waals surface area contributed by atoms with Crippen molar-refractivity contribution in [3.05, 3.63) is 77.1 Å². The van der Waals surface area contributed by atoms with Crippen LogP contribution in [0.4, 0.5) is 8.78 Å². The molecule has 1 unspecified atom stereocenters. The van der Waals surface area contributed by atoms with E-state index in [2.05, 4.69) is 10.2 Å². The summed E-state index contributed by atoms with van der Waals surface area (Å²) in [6.45, 7) is 4.38. The van der Waals surface area contributed by atoms with Crippen LogP contribution in [0.2, 0.25) is 0 Å². The molecule has 0 radical (unpaired) electrons. The number of rotatable bonds is 7. The zero-order chi connectivity index (χ0) is 19.4. The van der Waals surface area contributed by atoms with Crippen molar-refractivity contribution in [3.8, 4) is 0 Å². The van der Waals surface area contributed by atoms with Gasteiger partial charge in [0.2, 0.25) is 0 Å². The summed E-state index contributed by atoms with van der Waals surface area (Å²) >= 11 is 1.26. The third kappa shape index (κ3) is 4.42. The van der Waals surface area contributed by atoms with Gasteiger partial charge in [-0.1, -0.05) is 42.1 Å². The van der Waals surface area contributed by atoms with Crippen molar-refractivity contribution in [2.45, 2.75) is 37.2 Å². The smallest absolute Gasteiger partial charge is 0.191 e. The van der Waals surface area contributed by atoms with Crippen LogP contribution in [-0.2, 0) is 13.0 Å². The molecule has 0 spiro atoms. The fourth-order valence-corrected chi connectivity index (χ4v) is 3.74. The third-order valence-corrected chi connectivity index (χ3v) is 5.25. The molecule has 0 fully saturated rings. The second-order valence-corrected chi connectivity index (χ2v) is 7.37. The minimum atomic E-state index is -1.03. The van der Waals surface area contributed by atoms with Gasteiger partial charge in [0, 0.05) is 18.5 Å². The van der Waals surface area contributed by atoms with Crippen molar-refractivity contribution in [2.75, 3.05) is 0 Å². The van der Waals surface area contributed by atoms with Crippen LogP contribution in [0.1, 0.15) is 35.6 Å². The predicted octanol–water partition coefficient (Wildman–Crippen LogP) is 4.53. The normalized spacial score (nSPS) is 12.1. The second kappa shape index (κ2) is 8.43. The molecule has 3 aromatic rings. The summed E-state index contributed by atoms with van der Waals surface area (Å²) < 4.78 is 28.4. The fraction of sp³-hybridized carbons (Fsp3) is 0.250. The molecule has 0 bridgehead atoms. The summed E-state index contributed by atoms with van der Waals surface area (Å²) in [5, 5.41) is 8.61. The highest BCUT2D eigenvalue weighted by atomic mass is 32.2. The number of benzene rings is 2. The molecule has 2 aromatic carbocycles. The van der Waals surface area contributed by atoms with E-state index in [1.54, 1.807) is 6.92 Å². The van der Waals surface area contributed by atoms with Crippen molar-refractivity contribution in [3.63, 3.8) is 0 Å². The molecular weight excluding hydrogens is 368 g/mol. The topological polar surface area (TPSA) is 47.8 Å². The highest BCUT2D eigenvalue weighted by Gasteiger charge is 2.22. The average Bonchev–Trinajstić information content (AvgIpc) is 3.05. The van der Waals surface area contributed by atoms with Crippen molar-refractivity contribution < 1.29 is 13.6 Å². The number of thioether (sulfide) groups is 1. The zero-order valence-corrected chi connectivity index (χ0v) is 15.8. The van der Waals surface area contributed by atoms with E-state index in [4.69, 9.17) is 0 Å². The van der Waals surface area contributed by atoms with Gasteiger partial charge in [0.15, 0.2) is 22.6 Å². The van der Waals surface area contributed by atoms with Crippen molar-refractivity contribution in [1.29, 1.82) is 0 Å². The first-order chi connectivity index (χ1) is 13.0. The molecule has 4 nitrogen and oxygen atoms in total. The molecule has 0 aliphatic carbocycles. The lowest BCUT2D eigenvalue weighted by Gasteiger charge is -2.12.